The van der Waals surface area contributed by atoms with Gasteiger partial charge in [0.2, 0.25) is 0 Å². The molecule has 0 spiro atoms. The number of rotatable bonds is 2. The Morgan fingerprint density at radius 3 is 2.62 bits per heavy atom. The van der Waals surface area contributed by atoms with Crippen LogP contribution in [0.4, 0.5) is 13.2 Å². The molecule has 0 heterocycles. The van der Waals surface area contributed by atoms with Gasteiger partial charge in [0.15, 0.2) is 0 Å². The smallest absolute Gasteiger partial charge is 0.327 e. The zero-order valence-electron chi connectivity index (χ0n) is 9.22. The maximum Gasteiger partial charge on any atom is 0.412 e. The summed E-state index contributed by atoms with van der Waals surface area (Å²) in [6.07, 6.45) is 0.902. The van der Waals surface area contributed by atoms with Crippen LogP contribution in [0.5, 0.6) is 0 Å². The van der Waals surface area contributed by atoms with Crippen LogP contribution in [0.3, 0.4) is 0 Å². The van der Waals surface area contributed by atoms with Crippen molar-refractivity contribution < 1.29 is 13.2 Å². The Morgan fingerprint density at radius 2 is 2.19 bits per heavy atom. The average Bonchev–Trinajstić information content (AvgIpc) is 2.14. The zero-order chi connectivity index (χ0) is 12.3. The van der Waals surface area contributed by atoms with Crippen molar-refractivity contribution in [2.24, 2.45) is 11.7 Å². The second-order valence-corrected chi connectivity index (χ2v) is 4.20. The average molecular weight is 231 g/mol. The second kappa shape index (κ2) is 4.87. The minimum atomic E-state index is -4.24. The molecule has 1 rings (SSSR count). The van der Waals surface area contributed by atoms with Crippen LogP contribution in [0.25, 0.3) is 0 Å². The van der Waals surface area contributed by atoms with Gasteiger partial charge < -0.3 is 5.73 Å². The third kappa shape index (κ3) is 3.52. The Hall–Kier alpha value is -1.03. The summed E-state index contributed by atoms with van der Waals surface area (Å²) in [5.74, 6) is -0.0252. The van der Waals surface area contributed by atoms with Crippen LogP contribution < -0.4 is 5.73 Å². The molecule has 1 aliphatic carbocycles. The van der Waals surface area contributed by atoms with Gasteiger partial charge in [-0.05, 0) is 25.7 Å². The largest absolute Gasteiger partial charge is 0.412 e. The minimum Gasteiger partial charge on any atom is -0.327 e. The van der Waals surface area contributed by atoms with Crippen molar-refractivity contribution in [3.63, 3.8) is 0 Å². The van der Waals surface area contributed by atoms with E-state index in [1.54, 1.807) is 6.08 Å². The normalized spacial score (nSPS) is 26.9. The highest BCUT2D eigenvalue weighted by atomic mass is 19.4. The molecule has 2 unspecified atom stereocenters. The minimum absolute atomic E-state index is 0.0252. The van der Waals surface area contributed by atoms with E-state index in [1.807, 2.05) is 13.0 Å². The van der Waals surface area contributed by atoms with E-state index in [4.69, 9.17) is 5.73 Å². The van der Waals surface area contributed by atoms with Crippen molar-refractivity contribution in [2.75, 3.05) is 0 Å². The highest BCUT2D eigenvalue weighted by Crippen LogP contribution is 2.35. The van der Waals surface area contributed by atoms with E-state index in [0.717, 1.165) is 5.57 Å². The van der Waals surface area contributed by atoms with E-state index >= 15 is 0 Å². The van der Waals surface area contributed by atoms with Crippen molar-refractivity contribution in [3.8, 4) is 0 Å². The first-order chi connectivity index (χ1) is 7.30. The molecular formula is C12H16F3N. The van der Waals surface area contributed by atoms with Gasteiger partial charge in [-0.3, -0.25) is 0 Å². The molecule has 2 N–H and O–H groups in total. The van der Waals surface area contributed by atoms with Gasteiger partial charge in [0.1, 0.15) is 0 Å². The quantitative estimate of drug-likeness (QED) is 0.572. The van der Waals surface area contributed by atoms with Gasteiger partial charge in [-0.25, -0.2) is 0 Å². The third-order valence-electron chi connectivity index (χ3n) is 2.63. The first-order valence-corrected chi connectivity index (χ1v) is 5.16. The predicted octanol–water partition coefficient (Wildman–Crippen LogP) is 3.34. The van der Waals surface area contributed by atoms with Crippen LogP contribution in [0.1, 0.15) is 19.8 Å². The molecule has 0 fully saturated rings. The molecule has 0 saturated carbocycles. The van der Waals surface area contributed by atoms with Gasteiger partial charge in [0, 0.05) is 11.6 Å². The molecule has 0 saturated heterocycles. The van der Waals surface area contributed by atoms with Crippen LogP contribution in [-0.4, -0.2) is 12.2 Å². The van der Waals surface area contributed by atoms with Gasteiger partial charge >= 0.3 is 6.18 Å². The van der Waals surface area contributed by atoms with Gasteiger partial charge in [0.05, 0.1) is 0 Å². The number of nitrogens with two attached hydrogens (primary N) is 1. The van der Waals surface area contributed by atoms with Crippen molar-refractivity contribution in [2.45, 2.75) is 32.0 Å². The number of allylic oxidation sites excluding steroid dienone is 3. The fourth-order valence-corrected chi connectivity index (χ4v) is 1.68. The first kappa shape index (κ1) is 13.0. The van der Waals surface area contributed by atoms with Crippen LogP contribution in [0.2, 0.25) is 0 Å². The fourth-order valence-electron chi connectivity index (χ4n) is 1.68. The number of alkyl halides is 3. The molecule has 1 aliphatic rings. The topological polar surface area (TPSA) is 26.0 Å². The summed E-state index contributed by atoms with van der Waals surface area (Å²) in [5.41, 5.74) is 6.10. The van der Waals surface area contributed by atoms with Crippen molar-refractivity contribution in [3.05, 3.63) is 36.0 Å². The number of halogens is 3. The van der Waals surface area contributed by atoms with Gasteiger partial charge in [-0.15, -0.1) is 0 Å². The Balaban J connectivity index is 2.70. The van der Waals surface area contributed by atoms with Crippen LogP contribution in [0, 0.1) is 5.92 Å². The van der Waals surface area contributed by atoms with E-state index in [-0.39, 0.29) is 12.3 Å². The lowest BCUT2D eigenvalue weighted by Gasteiger charge is -2.27. The third-order valence-corrected chi connectivity index (χ3v) is 2.63. The molecule has 0 aliphatic heterocycles. The van der Waals surface area contributed by atoms with E-state index in [0.29, 0.717) is 6.42 Å². The van der Waals surface area contributed by atoms with E-state index in [9.17, 15) is 13.2 Å². The summed E-state index contributed by atoms with van der Waals surface area (Å²) in [6.45, 7) is 5.53. The molecule has 90 valence electrons. The molecule has 0 aromatic heterocycles. The highest BCUT2D eigenvalue weighted by molar-refractivity contribution is 5.20. The Morgan fingerprint density at radius 1 is 1.56 bits per heavy atom. The SMILES string of the molecule is C=C(C)/C=C\C1CC=C(C(F)(F)F)CC1N. The number of hydrogen-bond acceptors (Lipinski definition) is 1. The van der Waals surface area contributed by atoms with Gasteiger partial charge in [-0.2, -0.15) is 13.2 Å². The van der Waals surface area contributed by atoms with Crippen molar-refractivity contribution in [1.29, 1.82) is 0 Å². The summed E-state index contributed by atoms with van der Waals surface area (Å²) < 4.78 is 37.2. The van der Waals surface area contributed by atoms with E-state index in [2.05, 4.69) is 6.58 Å². The molecule has 1 nitrogen and oxygen atoms in total. The van der Waals surface area contributed by atoms with Crippen LogP contribution in [-0.2, 0) is 0 Å². The predicted molar refractivity (Wildman–Crippen MR) is 58.8 cm³/mol. The summed E-state index contributed by atoms with van der Waals surface area (Å²) in [4.78, 5) is 0. The number of hydrogen-bond donors (Lipinski definition) is 1. The monoisotopic (exact) mass is 231 g/mol. The molecule has 0 aromatic rings. The summed E-state index contributed by atoms with van der Waals surface area (Å²) in [5, 5.41) is 0. The summed E-state index contributed by atoms with van der Waals surface area (Å²) in [7, 11) is 0. The van der Waals surface area contributed by atoms with Gasteiger partial charge in [-0.1, -0.05) is 30.4 Å². The summed E-state index contributed by atoms with van der Waals surface area (Å²) >= 11 is 0. The molecule has 0 aromatic carbocycles. The Bertz CT molecular complexity index is 326. The van der Waals surface area contributed by atoms with Crippen molar-refractivity contribution in [1.82, 2.24) is 0 Å². The highest BCUT2D eigenvalue weighted by Gasteiger charge is 2.37. The zero-order valence-corrected chi connectivity index (χ0v) is 9.22. The maximum absolute atomic E-state index is 12.4. The maximum atomic E-state index is 12.4. The Labute approximate surface area is 93.5 Å². The first-order valence-electron chi connectivity index (χ1n) is 5.16. The van der Waals surface area contributed by atoms with Crippen LogP contribution in [0.15, 0.2) is 36.0 Å². The van der Waals surface area contributed by atoms with E-state index in [1.165, 1.54) is 6.08 Å². The molecule has 0 bridgehead atoms. The van der Waals surface area contributed by atoms with Crippen LogP contribution >= 0.6 is 0 Å². The van der Waals surface area contributed by atoms with Crippen molar-refractivity contribution >= 4 is 0 Å². The lowest BCUT2D eigenvalue weighted by molar-refractivity contribution is -0.0959. The lowest BCUT2D eigenvalue weighted by Crippen LogP contribution is -2.34. The molecule has 16 heavy (non-hydrogen) atoms. The lowest BCUT2D eigenvalue weighted by atomic mass is 9.84. The molecule has 2 atom stereocenters. The molecule has 4 heteroatoms. The fraction of sp³-hybridized carbons (Fsp3) is 0.500. The van der Waals surface area contributed by atoms with E-state index < -0.39 is 17.8 Å². The standard InChI is InChI=1S/C12H16F3N/c1-8(2)3-4-9-5-6-10(7-11(9)16)12(13,14)15/h3-4,6,9,11H,1,5,7,16H2,2H3/b4-3-. The molecule has 0 amide bonds. The second-order valence-electron chi connectivity index (χ2n) is 4.20. The molecular weight excluding hydrogens is 215 g/mol. The molecule has 0 radical (unpaired) electrons. The Kier molecular flexibility index (Phi) is 3.97. The summed E-state index contributed by atoms with van der Waals surface area (Å²) in [6, 6.07) is -0.461. The van der Waals surface area contributed by atoms with Gasteiger partial charge in [0.25, 0.3) is 0 Å².